The van der Waals surface area contributed by atoms with Crippen LogP contribution in [-0.4, -0.2) is 9.55 Å². The van der Waals surface area contributed by atoms with Gasteiger partial charge in [0.15, 0.2) is 0 Å². The molecule has 1 aromatic heterocycles. The van der Waals surface area contributed by atoms with Gasteiger partial charge in [0.2, 0.25) is 0 Å². The third kappa shape index (κ3) is 2.14. The minimum Gasteiger partial charge on any atom is -0.399 e. The van der Waals surface area contributed by atoms with Crippen LogP contribution in [0.15, 0.2) is 24.5 Å². The van der Waals surface area contributed by atoms with Crippen LogP contribution in [0.3, 0.4) is 0 Å². The molecule has 1 aliphatic carbocycles. The fourth-order valence-corrected chi connectivity index (χ4v) is 2.87. The number of benzene rings is 1. The molecule has 1 fully saturated rings. The van der Waals surface area contributed by atoms with Gasteiger partial charge in [-0.25, -0.2) is 4.98 Å². The Morgan fingerprint density at radius 2 is 2.06 bits per heavy atom. The first-order valence-electron chi connectivity index (χ1n) is 6.53. The quantitative estimate of drug-likeness (QED) is 0.804. The Morgan fingerprint density at radius 1 is 1.24 bits per heavy atom. The van der Waals surface area contributed by atoms with E-state index in [2.05, 4.69) is 15.6 Å². The molecular weight excluding hydrogens is 210 g/mol. The van der Waals surface area contributed by atoms with Crippen LogP contribution >= 0.6 is 0 Å². The highest BCUT2D eigenvalue weighted by molar-refractivity contribution is 5.78. The molecule has 0 bridgehead atoms. The fraction of sp³-hybridized carbons (Fsp3) is 0.500. The number of rotatable bonds is 2. The predicted octanol–water partition coefficient (Wildman–Crippen LogP) is 3.20. The lowest BCUT2D eigenvalue weighted by Gasteiger charge is -2.22. The summed E-state index contributed by atoms with van der Waals surface area (Å²) in [5.74, 6) is 0.832. The Hall–Kier alpha value is -1.51. The molecule has 2 N–H and O–H groups in total. The van der Waals surface area contributed by atoms with Crippen LogP contribution in [-0.2, 0) is 6.54 Å². The number of hydrogen-bond donors (Lipinski definition) is 1. The van der Waals surface area contributed by atoms with Crippen LogP contribution < -0.4 is 5.73 Å². The first-order valence-corrected chi connectivity index (χ1v) is 6.53. The Morgan fingerprint density at radius 3 is 2.88 bits per heavy atom. The first-order chi connectivity index (χ1) is 8.33. The van der Waals surface area contributed by atoms with Gasteiger partial charge in [-0.2, -0.15) is 0 Å². The van der Waals surface area contributed by atoms with E-state index in [4.69, 9.17) is 5.73 Å². The molecule has 1 heterocycles. The summed E-state index contributed by atoms with van der Waals surface area (Å²) in [6.07, 6.45) is 8.90. The van der Waals surface area contributed by atoms with Gasteiger partial charge in [0.25, 0.3) is 0 Å². The van der Waals surface area contributed by atoms with E-state index in [0.29, 0.717) is 0 Å². The minimum atomic E-state index is 0.792. The SMILES string of the molecule is Nc1ccc2c(c1)ncn2CC1CCCCC1. The highest BCUT2D eigenvalue weighted by atomic mass is 15.0. The molecule has 0 unspecified atom stereocenters. The van der Waals surface area contributed by atoms with Gasteiger partial charge in [-0.1, -0.05) is 19.3 Å². The largest absolute Gasteiger partial charge is 0.399 e. The van der Waals surface area contributed by atoms with E-state index in [1.54, 1.807) is 0 Å². The minimum absolute atomic E-state index is 0.792. The maximum Gasteiger partial charge on any atom is 0.0958 e. The third-order valence-corrected chi connectivity index (χ3v) is 3.82. The zero-order valence-corrected chi connectivity index (χ0v) is 10.1. The average Bonchev–Trinajstić information content (AvgIpc) is 2.73. The molecule has 2 aromatic rings. The van der Waals surface area contributed by atoms with Crippen molar-refractivity contribution in [3.05, 3.63) is 24.5 Å². The van der Waals surface area contributed by atoms with E-state index in [1.165, 1.54) is 37.6 Å². The lowest BCUT2D eigenvalue weighted by molar-refractivity contribution is 0.322. The van der Waals surface area contributed by atoms with Crippen molar-refractivity contribution in [3.63, 3.8) is 0 Å². The molecular formula is C14H19N3. The summed E-state index contributed by atoms with van der Waals surface area (Å²) in [7, 11) is 0. The normalized spacial score (nSPS) is 17.6. The monoisotopic (exact) mass is 229 g/mol. The summed E-state index contributed by atoms with van der Waals surface area (Å²) in [5.41, 5.74) is 8.79. The van der Waals surface area contributed by atoms with Crippen molar-refractivity contribution in [2.45, 2.75) is 38.6 Å². The van der Waals surface area contributed by atoms with Crippen molar-refractivity contribution in [2.24, 2.45) is 5.92 Å². The van der Waals surface area contributed by atoms with Crippen molar-refractivity contribution in [1.82, 2.24) is 9.55 Å². The highest BCUT2D eigenvalue weighted by Crippen LogP contribution is 2.26. The Bertz CT molecular complexity index is 509. The van der Waals surface area contributed by atoms with E-state index < -0.39 is 0 Å². The zero-order valence-electron chi connectivity index (χ0n) is 10.1. The van der Waals surface area contributed by atoms with Crippen LogP contribution in [0.5, 0.6) is 0 Å². The Kier molecular flexibility index (Phi) is 2.75. The molecule has 1 aliphatic rings. The zero-order chi connectivity index (χ0) is 11.7. The van der Waals surface area contributed by atoms with Crippen LogP contribution in [0.1, 0.15) is 32.1 Å². The second-order valence-corrected chi connectivity index (χ2v) is 5.15. The number of nitrogens with two attached hydrogens (primary N) is 1. The molecule has 0 spiro atoms. The second-order valence-electron chi connectivity index (χ2n) is 5.15. The van der Waals surface area contributed by atoms with Crippen LogP contribution in [0.2, 0.25) is 0 Å². The summed E-state index contributed by atoms with van der Waals surface area (Å²) >= 11 is 0. The molecule has 0 atom stereocenters. The average molecular weight is 229 g/mol. The van der Waals surface area contributed by atoms with E-state index in [-0.39, 0.29) is 0 Å². The van der Waals surface area contributed by atoms with Gasteiger partial charge in [-0.05, 0) is 37.0 Å². The van der Waals surface area contributed by atoms with Crippen molar-refractivity contribution in [3.8, 4) is 0 Å². The third-order valence-electron chi connectivity index (χ3n) is 3.82. The lowest BCUT2D eigenvalue weighted by Crippen LogP contribution is -2.13. The fourth-order valence-electron chi connectivity index (χ4n) is 2.87. The standard InChI is InChI=1S/C14H19N3/c15-12-6-7-14-13(8-12)16-10-17(14)9-11-4-2-1-3-5-11/h6-8,10-11H,1-5,9,15H2. The topological polar surface area (TPSA) is 43.8 Å². The molecule has 3 heteroatoms. The van der Waals surface area contributed by atoms with Crippen molar-refractivity contribution in [2.75, 3.05) is 5.73 Å². The number of fused-ring (bicyclic) bond motifs is 1. The summed E-state index contributed by atoms with van der Waals surface area (Å²) in [5, 5.41) is 0. The molecule has 0 radical (unpaired) electrons. The number of hydrogen-bond acceptors (Lipinski definition) is 2. The van der Waals surface area contributed by atoms with Gasteiger partial charge in [-0.3, -0.25) is 0 Å². The summed E-state index contributed by atoms with van der Waals surface area (Å²) in [6.45, 7) is 1.11. The van der Waals surface area contributed by atoms with E-state index in [1.807, 2.05) is 18.5 Å². The maximum absolute atomic E-state index is 5.77. The van der Waals surface area contributed by atoms with E-state index >= 15 is 0 Å². The summed E-state index contributed by atoms with van der Waals surface area (Å²) in [6, 6.07) is 5.99. The number of nitrogen functional groups attached to an aromatic ring is 1. The molecule has 17 heavy (non-hydrogen) atoms. The number of anilines is 1. The molecule has 1 aromatic carbocycles. The van der Waals surface area contributed by atoms with Crippen LogP contribution in [0.25, 0.3) is 11.0 Å². The molecule has 0 aliphatic heterocycles. The molecule has 90 valence electrons. The predicted molar refractivity (Wildman–Crippen MR) is 70.7 cm³/mol. The first kappa shape index (κ1) is 10.6. The van der Waals surface area contributed by atoms with Gasteiger partial charge in [0.1, 0.15) is 0 Å². The molecule has 3 rings (SSSR count). The van der Waals surface area contributed by atoms with E-state index in [0.717, 1.165) is 23.7 Å². The van der Waals surface area contributed by atoms with Crippen molar-refractivity contribution in [1.29, 1.82) is 0 Å². The number of aromatic nitrogens is 2. The molecule has 1 saturated carbocycles. The number of nitrogens with zero attached hydrogens (tertiary/aromatic N) is 2. The highest BCUT2D eigenvalue weighted by Gasteiger charge is 2.14. The van der Waals surface area contributed by atoms with Crippen molar-refractivity contribution >= 4 is 16.7 Å². The summed E-state index contributed by atoms with van der Waals surface area (Å²) < 4.78 is 2.28. The van der Waals surface area contributed by atoms with Crippen molar-refractivity contribution < 1.29 is 0 Å². The molecule has 0 saturated heterocycles. The smallest absolute Gasteiger partial charge is 0.0958 e. The number of imidazole rings is 1. The van der Waals surface area contributed by atoms with Gasteiger partial charge in [-0.15, -0.1) is 0 Å². The summed E-state index contributed by atoms with van der Waals surface area (Å²) in [4.78, 5) is 4.43. The van der Waals surface area contributed by atoms with Gasteiger partial charge >= 0.3 is 0 Å². The van der Waals surface area contributed by atoms with Gasteiger partial charge < -0.3 is 10.3 Å². The van der Waals surface area contributed by atoms with Gasteiger partial charge in [0, 0.05) is 12.2 Å². The van der Waals surface area contributed by atoms with E-state index in [9.17, 15) is 0 Å². The van der Waals surface area contributed by atoms with Crippen LogP contribution in [0, 0.1) is 5.92 Å². The van der Waals surface area contributed by atoms with Gasteiger partial charge in [0.05, 0.1) is 17.4 Å². The maximum atomic E-state index is 5.77. The Labute approximate surface area is 102 Å². The van der Waals surface area contributed by atoms with Crippen LogP contribution in [0.4, 0.5) is 5.69 Å². The lowest BCUT2D eigenvalue weighted by atomic mass is 9.89. The molecule has 3 nitrogen and oxygen atoms in total. The Balaban J connectivity index is 1.84. The molecule has 0 amide bonds. The second kappa shape index (κ2) is 4.40.